The maximum Gasteiger partial charge on any atom is 0.289 e. The first-order valence-corrected chi connectivity index (χ1v) is 9.45. The van der Waals surface area contributed by atoms with Gasteiger partial charge in [0.15, 0.2) is 5.89 Å². The van der Waals surface area contributed by atoms with Crippen LogP contribution in [0.2, 0.25) is 5.02 Å². The highest BCUT2D eigenvalue weighted by Gasteiger charge is 2.23. The molecule has 5 nitrogen and oxygen atoms in total. The molecule has 1 atom stereocenters. The van der Waals surface area contributed by atoms with Crippen molar-refractivity contribution >= 4 is 28.4 Å². The van der Waals surface area contributed by atoms with Crippen LogP contribution < -0.4 is 5.32 Å². The Labute approximate surface area is 167 Å². The quantitative estimate of drug-likeness (QED) is 0.502. The van der Waals surface area contributed by atoms with Crippen LogP contribution in [0.5, 0.6) is 0 Å². The Hall–Kier alpha value is -3.05. The monoisotopic (exact) mass is 393 g/mol. The van der Waals surface area contributed by atoms with Crippen molar-refractivity contribution in [2.75, 3.05) is 6.54 Å². The molecule has 0 saturated heterocycles. The minimum absolute atomic E-state index is 0.113. The van der Waals surface area contributed by atoms with E-state index in [1.165, 1.54) is 0 Å². The van der Waals surface area contributed by atoms with Gasteiger partial charge in [-0.3, -0.25) is 4.79 Å². The Balaban J connectivity index is 1.69. The maximum atomic E-state index is 12.6. The summed E-state index contributed by atoms with van der Waals surface area (Å²) < 4.78 is 5.44. The number of halogens is 1. The maximum absolute atomic E-state index is 12.6. The number of carbonyl (C=O) groups excluding carboxylic acids is 1. The molecular formula is C22H20ClN3O2. The van der Waals surface area contributed by atoms with Crippen LogP contribution >= 0.6 is 11.6 Å². The van der Waals surface area contributed by atoms with Gasteiger partial charge < -0.3 is 14.7 Å². The van der Waals surface area contributed by atoms with E-state index in [1.807, 2.05) is 48.7 Å². The van der Waals surface area contributed by atoms with E-state index in [4.69, 9.17) is 16.0 Å². The Morgan fingerprint density at radius 3 is 2.64 bits per heavy atom. The summed E-state index contributed by atoms with van der Waals surface area (Å²) in [5.41, 5.74) is 3.66. The van der Waals surface area contributed by atoms with Crippen LogP contribution in [0.4, 0.5) is 0 Å². The summed E-state index contributed by atoms with van der Waals surface area (Å²) in [7, 11) is 0. The Morgan fingerprint density at radius 1 is 1.14 bits per heavy atom. The van der Waals surface area contributed by atoms with Gasteiger partial charge in [0.05, 0.1) is 5.69 Å². The van der Waals surface area contributed by atoms with Crippen molar-refractivity contribution in [2.45, 2.75) is 19.8 Å². The summed E-state index contributed by atoms with van der Waals surface area (Å²) in [5, 5.41) is 4.76. The van der Waals surface area contributed by atoms with Crippen LogP contribution in [-0.4, -0.2) is 22.4 Å². The lowest BCUT2D eigenvalue weighted by molar-refractivity contribution is 0.0922. The highest BCUT2D eigenvalue weighted by atomic mass is 35.5. The molecule has 4 rings (SSSR count). The summed E-state index contributed by atoms with van der Waals surface area (Å²) in [5.74, 6) is 0.324. The van der Waals surface area contributed by atoms with Gasteiger partial charge in [0, 0.05) is 41.5 Å². The van der Waals surface area contributed by atoms with Crippen molar-refractivity contribution in [3.8, 4) is 0 Å². The smallest absolute Gasteiger partial charge is 0.289 e. The van der Waals surface area contributed by atoms with Crippen molar-refractivity contribution in [3.63, 3.8) is 0 Å². The molecule has 142 valence electrons. The average molecular weight is 394 g/mol. The van der Waals surface area contributed by atoms with E-state index in [0.717, 1.165) is 22.0 Å². The number of carbonyl (C=O) groups is 1. The SMILES string of the molecule is Cc1nc(C)c(C(=O)NCC(c2ccccc2Cl)c2c[nH]c3ccccc23)o1. The number of nitrogens with one attached hydrogen (secondary N) is 2. The van der Waals surface area contributed by atoms with Crippen molar-refractivity contribution in [1.82, 2.24) is 15.3 Å². The third kappa shape index (κ3) is 3.41. The van der Waals surface area contributed by atoms with E-state index >= 15 is 0 Å². The molecule has 28 heavy (non-hydrogen) atoms. The number of rotatable bonds is 5. The van der Waals surface area contributed by atoms with E-state index in [-0.39, 0.29) is 17.6 Å². The first-order valence-electron chi connectivity index (χ1n) is 9.07. The van der Waals surface area contributed by atoms with Gasteiger partial charge in [0.1, 0.15) is 0 Å². The van der Waals surface area contributed by atoms with Crippen LogP contribution in [0, 0.1) is 13.8 Å². The summed E-state index contributed by atoms with van der Waals surface area (Å²) in [6.07, 6.45) is 1.98. The first kappa shape index (κ1) is 18.3. The molecule has 4 aromatic rings. The second-order valence-corrected chi connectivity index (χ2v) is 7.13. The molecule has 0 radical (unpaired) electrons. The predicted octanol–water partition coefficient (Wildman–Crippen LogP) is 4.99. The zero-order valence-corrected chi connectivity index (χ0v) is 16.4. The lowest BCUT2D eigenvalue weighted by Gasteiger charge is -2.19. The van der Waals surface area contributed by atoms with E-state index in [0.29, 0.717) is 23.2 Å². The number of aryl methyl sites for hydroxylation is 2. The number of oxazole rings is 1. The van der Waals surface area contributed by atoms with Crippen LogP contribution in [0.25, 0.3) is 10.9 Å². The van der Waals surface area contributed by atoms with Crippen LogP contribution in [0.15, 0.2) is 59.1 Å². The highest BCUT2D eigenvalue weighted by Crippen LogP contribution is 2.34. The molecule has 6 heteroatoms. The summed E-state index contributed by atoms with van der Waals surface area (Å²) >= 11 is 6.50. The van der Waals surface area contributed by atoms with Gasteiger partial charge in [0.25, 0.3) is 5.91 Å². The van der Waals surface area contributed by atoms with Crippen molar-refractivity contribution < 1.29 is 9.21 Å². The summed E-state index contributed by atoms with van der Waals surface area (Å²) in [6.45, 7) is 3.86. The molecule has 2 heterocycles. The number of hydrogen-bond donors (Lipinski definition) is 2. The number of H-pyrrole nitrogens is 1. The van der Waals surface area contributed by atoms with Crippen molar-refractivity contribution in [2.24, 2.45) is 0 Å². The third-order valence-electron chi connectivity index (χ3n) is 4.85. The standard InChI is InChI=1S/C22H20ClN3O2/c1-13-21(28-14(2)26-13)22(27)25-12-17(15-7-3-5-9-19(15)23)18-11-24-20-10-6-4-8-16(18)20/h3-11,17,24H,12H2,1-2H3,(H,25,27). The molecule has 1 amide bonds. The van der Waals surface area contributed by atoms with Crippen LogP contribution in [0.1, 0.15) is 39.2 Å². The molecule has 1 unspecified atom stereocenters. The Bertz CT molecular complexity index is 1150. The number of aromatic nitrogens is 2. The molecule has 0 fully saturated rings. The topological polar surface area (TPSA) is 70.9 Å². The molecule has 0 bridgehead atoms. The van der Waals surface area contributed by atoms with Crippen LogP contribution in [0.3, 0.4) is 0 Å². The minimum Gasteiger partial charge on any atom is -0.436 e. The van der Waals surface area contributed by atoms with Crippen molar-refractivity contribution in [1.29, 1.82) is 0 Å². The number of aromatic amines is 1. The average Bonchev–Trinajstić information content (AvgIpc) is 3.26. The number of amides is 1. The molecular weight excluding hydrogens is 374 g/mol. The minimum atomic E-state index is -0.282. The van der Waals surface area contributed by atoms with Gasteiger partial charge >= 0.3 is 0 Å². The number of para-hydroxylation sites is 1. The lowest BCUT2D eigenvalue weighted by Crippen LogP contribution is -2.29. The molecule has 0 aliphatic rings. The number of hydrogen-bond acceptors (Lipinski definition) is 3. The van der Waals surface area contributed by atoms with Gasteiger partial charge in [-0.05, 0) is 30.2 Å². The second kappa shape index (κ2) is 7.52. The normalized spacial score (nSPS) is 12.2. The number of nitrogens with zero attached hydrogens (tertiary/aromatic N) is 1. The Kier molecular flexibility index (Phi) is 4.92. The van der Waals surface area contributed by atoms with Gasteiger partial charge in [-0.1, -0.05) is 48.0 Å². The summed E-state index contributed by atoms with van der Waals surface area (Å²) in [4.78, 5) is 20.1. The summed E-state index contributed by atoms with van der Waals surface area (Å²) in [6, 6.07) is 15.8. The molecule has 0 aliphatic carbocycles. The van der Waals surface area contributed by atoms with E-state index < -0.39 is 0 Å². The fourth-order valence-electron chi connectivity index (χ4n) is 3.54. The van der Waals surface area contributed by atoms with Crippen LogP contribution in [-0.2, 0) is 0 Å². The van der Waals surface area contributed by atoms with E-state index in [1.54, 1.807) is 13.8 Å². The van der Waals surface area contributed by atoms with E-state index in [9.17, 15) is 4.79 Å². The zero-order chi connectivity index (χ0) is 19.7. The molecule has 2 aromatic carbocycles. The third-order valence-corrected chi connectivity index (χ3v) is 5.20. The van der Waals surface area contributed by atoms with E-state index in [2.05, 4.69) is 21.4 Å². The van der Waals surface area contributed by atoms with Gasteiger partial charge in [0.2, 0.25) is 5.76 Å². The molecule has 0 saturated carbocycles. The molecule has 2 N–H and O–H groups in total. The van der Waals surface area contributed by atoms with Gasteiger partial charge in [-0.15, -0.1) is 0 Å². The van der Waals surface area contributed by atoms with Crippen molar-refractivity contribution in [3.05, 3.63) is 88.2 Å². The first-order chi connectivity index (χ1) is 13.5. The fraction of sp³-hybridized carbons (Fsp3) is 0.182. The molecule has 2 aromatic heterocycles. The number of fused-ring (bicyclic) bond motifs is 1. The largest absolute Gasteiger partial charge is 0.436 e. The van der Waals surface area contributed by atoms with Gasteiger partial charge in [-0.25, -0.2) is 4.98 Å². The fourth-order valence-corrected chi connectivity index (χ4v) is 3.81. The Morgan fingerprint density at radius 2 is 1.89 bits per heavy atom. The second-order valence-electron chi connectivity index (χ2n) is 6.72. The molecule has 0 spiro atoms. The number of benzene rings is 2. The highest BCUT2D eigenvalue weighted by molar-refractivity contribution is 6.31. The predicted molar refractivity (Wildman–Crippen MR) is 110 cm³/mol. The zero-order valence-electron chi connectivity index (χ0n) is 15.6. The van der Waals surface area contributed by atoms with Gasteiger partial charge in [-0.2, -0.15) is 0 Å². The lowest BCUT2D eigenvalue weighted by atomic mass is 9.90. The molecule has 0 aliphatic heterocycles.